The number of halogens is 1. The van der Waals surface area contributed by atoms with Crippen molar-refractivity contribution in [2.24, 2.45) is 5.92 Å². The summed E-state index contributed by atoms with van der Waals surface area (Å²) in [6.45, 7) is 17.1. The minimum Gasteiger partial charge on any atom is -0.494 e. The summed E-state index contributed by atoms with van der Waals surface area (Å²) in [6, 6.07) is 7.20. The van der Waals surface area contributed by atoms with Gasteiger partial charge in [0.2, 0.25) is 0 Å². The Morgan fingerprint density at radius 2 is 1.95 bits per heavy atom. The first-order valence-corrected chi connectivity index (χ1v) is 13.1. The van der Waals surface area contributed by atoms with E-state index >= 15 is 0 Å². The highest BCUT2D eigenvalue weighted by Crippen LogP contribution is 2.39. The van der Waals surface area contributed by atoms with Crippen LogP contribution in [0.5, 0.6) is 5.75 Å². The Bertz CT molecular complexity index is 1320. The number of benzene rings is 1. The second kappa shape index (κ2) is 10.5. The van der Waals surface area contributed by atoms with E-state index in [1.54, 1.807) is 6.07 Å². The number of rotatable bonds is 8. The first-order chi connectivity index (χ1) is 17.6. The van der Waals surface area contributed by atoms with Crippen molar-refractivity contribution in [3.63, 3.8) is 0 Å². The molecule has 1 aliphatic rings. The summed E-state index contributed by atoms with van der Waals surface area (Å²) >= 11 is 0. The molecule has 196 valence electrons. The molecule has 1 saturated heterocycles. The molecule has 1 fully saturated rings. The van der Waals surface area contributed by atoms with Crippen LogP contribution in [0.1, 0.15) is 74.4 Å². The number of piperidine rings is 1. The Labute approximate surface area is 220 Å². The largest absolute Gasteiger partial charge is 0.494 e. The van der Waals surface area contributed by atoms with Crippen LogP contribution in [-0.2, 0) is 5.41 Å². The molecule has 0 spiro atoms. The number of aryl methyl sites for hydroxylation is 2. The summed E-state index contributed by atoms with van der Waals surface area (Å²) in [7, 11) is 1.47. The van der Waals surface area contributed by atoms with Crippen LogP contribution in [0, 0.1) is 37.9 Å². The number of aromatic nitrogens is 3. The Kier molecular flexibility index (Phi) is 7.54. The first kappa shape index (κ1) is 26.6. The maximum Gasteiger partial charge on any atom is 0.165 e. The van der Waals surface area contributed by atoms with Gasteiger partial charge in [-0.2, -0.15) is 0 Å². The monoisotopic (exact) mass is 502 g/mol. The van der Waals surface area contributed by atoms with Crippen LogP contribution in [0.4, 0.5) is 4.39 Å². The van der Waals surface area contributed by atoms with Gasteiger partial charge in [0.15, 0.2) is 11.6 Å². The zero-order valence-corrected chi connectivity index (χ0v) is 23.0. The molecule has 0 amide bonds. The van der Waals surface area contributed by atoms with E-state index in [0.29, 0.717) is 11.8 Å². The van der Waals surface area contributed by atoms with E-state index in [2.05, 4.69) is 61.1 Å². The third-order valence-corrected chi connectivity index (χ3v) is 8.17. The number of nitrogens with one attached hydrogen (secondary N) is 2. The molecule has 37 heavy (non-hydrogen) atoms. The van der Waals surface area contributed by atoms with Gasteiger partial charge >= 0.3 is 0 Å². The Morgan fingerprint density at radius 1 is 1.24 bits per heavy atom. The number of imidazole rings is 1. The average Bonchev–Trinajstić information content (AvgIpc) is 3.46. The Hall–Kier alpha value is -3.46. The summed E-state index contributed by atoms with van der Waals surface area (Å²) in [5.41, 5.74) is 6.98. The molecule has 3 aromatic rings. The molecule has 1 aliphatic heterocycles. The fourth-order valence-electron chi connectivity index (χ4n) is 5.37. The molecule has 2 aromatic heterocycles. The van der Waals surface area contributed by atoms with E-state index < -0.39 is 0 Å². The second-order valence-corrected chi connectivity index (χ2v) is 10.9. The van der Waals surface area contributed by atoms with Crippen LogP contribution in [0.15, 0.2) is 30.8 Å². The molecular formula is C31H39FN4O. The zero-order chi connectivity index (χ0) is 26.9. The molecule has 0 bridgehead atoms. The number of aromatic amines is 2. The smallest absolute Gasteiger partial charge is 0.165 e. The van der Waals surface area contributed by atoms with Crippen molar-refractivity contribution in [2.45, 2.75) is 65.2 Å². The Morgan fingerprint density at radius 3 is 2.57 bits per heavy atom. The van der Waals surface area contributed by atoms with E-state index in [-0.39, 0.29) is 17.0 Å². The number of nitrogens with zero attached hydrogens (tertiary/aromatic N) is 2. The van der Waals surface area contributed by atoms with Crippen LogP contribution < -0.4 is 4.74 Å². The molecule has 1 aromatic carbocycles. The molecular weight excluding hydrogens is 463 g/mol. The highest BCUT2D eigenvalue weighted by atomic mass is 19.1. The van der Waals surface area contributed by atoms with Gasteiger partial charge in [-0.1, -0.05) is 27.4 Å². The maximum absolute atomic E-state index is 14.3. The highest BCUT2D eigenvalue weighted by molar-refractivity contribution is 5.66. The molecule has 2 atom stereocenters. The summed E-state index contributed by atoms with van der Waals surface area (Å²) in [5, 5.41) is 0. The van der Waals surface area contributed by atoms with Gasteiger partial charge in [0.05, 0.1) is 12.8 Å². The van der Waals surface area contributed by atoms with Gasteiger partial charge < -0.3 is 19.6 Å². The second-order valence-electron chi connectivity index (χ2n) is 10.9. The van der Waals surface area contributed by atoms with Crippen molar-refractivity contribution in [2.75, 3.05) is 20.2 Å². The van der Waals surface area contributed by atoms with Gasteiger partial charge in [-0.15, -0.1) is 12.3 Å². The lowest BCUT2D eigenvalue weighted by Crippen LogP contribution is -2.40. The molecule has 2 N–H and O–H groups in total. The van der Waals surface area contributed by atoms with Gasteiger partial charge in [-0.3, -0.25) is 0 Å². The molecule has 3 heterocycles. The quantitative estimate of drug-likeness (QED) is 0.328. The van der Waals surface area contributed by atoms with Gasteiger partial charge in [-0.05, 0) is 56.9 Å². The van der Waals surface area contributed by atoms with Crippen LogP contribution in [-0.4, -0.2) is 40.1 Å². The van der Waals surface area contributed by atoms with Crippen LogP contribution in [0.2, 0.25) is 0 Å². The molecule has 2 unspecified atom stereocenters. The highest BCUT2D eigenvalue weighted by Gasteiger charge is 2.36. The van der Waals surface area contributed by atoms with Crippen LogP contribution >= 0.6 is 0 Å². The first-order valence-electron chi connectivity index (χ1n) is 13.1. The van der Waals surface area contributed by atoms with Crippen LogP contribution in [0.3, 0.4) is 0 Å². The fourth-order valence-corrected chi connectivity index (χ4v) is 5.37. The van der Waals surface area contributed by atoms with Crippen molar-refractivity contribution >= 4 is 5.70 Å². The van der Waals surface area contributed by atoms with E-state index in [0.717, 1.165) is 66.5 Å². The standard InChI is InChI=1S/C31H39FN4O/c1-9-10-19(2)21(4)28-25(17-20(3)33-28)23(6)36-15-13-31(7,14-16-36)30-34-22(5)29(35-30)24-11-12-27(37-8)26(32)18-24/h1,11-12,17-19,21,33H,6,10,13-16H2,2-5,7-8H3,(H,34,35). The van der Waals surface area contributed by atoms with Gasteiger partial charge in [0, 0.05) is 64.7 Å². The summed E-state index contributed by atoms with van der Waals surface area (Å²) in [6.07, 6.45) is 8.22. The predicted molar refractivity (Wildman–Crippen MR) is 149 cm³/mol. The Balaban J connectivity index is 1.50. The van der Waals surface area contributed by atoms with E-state index in [4.69, 9.17) is 16.1 Å². The molecule has 0 saturated carbocycles. The molecule has 0 radical (unpaired) electrons. The lowest BCUT2D eigenvalue weighted by atomic mass is 9.79. The number of hydrogen-bond acceptors (Lipinski definition) is 3. The molecule has 6 heteroatoms. The van der Waals surface area contributed by atoms with Gasteiger partial charge in [0.25, 0.3) is 0 Å². The molecule has 5 nitrogen and oxygen atoms in total. The number of hydrogen-bond donors (Lipinski definition) is 2. The van der Waals surface area contributed by atoms with Crippen molar-refractivity contribution in [1.29, 1.82) is 0 Å². The topological polar surface area (TPSA) is 56.9 Å². The third kappa shape index (κ3) is 5.18. The number of terminal acetylenes is 1. The summed E-state index contributed by atoms with van der Waals surface area (Å²) in [4.78, 5) is 14.4. The van der Waals surface area contributed by atoms with E-state index in [1.807, 2.05) is 13.0 Å². The number of H-pyrrole nitrogens is 2. The van der Waals surface area contributed by atoms with Crippen molar-refractivity contribution in [3.8, 4) is 29.4 Å². The molecule has 0 aliphatic carbocycles. The van der Waals surface area contributed by atoms with Gasteiger partial charge in [-0.25, -0.2) is 9.37 Å². The number of methoxy groups -OCH3 is 1. The number of likely N-dealkylation sites (tertiary alicyclic amines) is 1. The van der Waals surface area contributed by atoms with Crippen molar-refractivity contribution in [3.05, 3.63) is 65.1 Å². The van der Waals surface area contributed by atoms with Crippen molar-refractivity contribution in [1.82, 2.24) is 19.9 Å². The maximum atomic E-state index is 14.3. The van der Waals surface area contributed by atoms with Gasteiger partial charge in [0.1, 0.15) is 5.82 Å². The van der Waals surface area contributed by atoms with Crippen LogP contribution in [0.25, 0.3) is 17.0 Å². The lowest BCUT2D eigenvalue weighted by Gasteiger charge is -2.40. The zero-order valence-electron chi connectivity index (χ0n) is 23.0. The normalized spacial score (nSPS) is 16.8. The summed E-state index contributed by atoms with van der Waals surface area (Å²) in [5.74, 6) is 4.31. The third-order valence-electron chi connectivity index (χ3n) is 8.17. The lowest BCUT2D eigenvalue weighted by molar-refractivity contribution is 0.224. The molecule has 4 rings (SSSR count). The number of ether oxygens (including phenoxy) is 1. The predicted octanol–water partition coefficient (Wildman–Crippen LogP) is 6.96. The minimum absolute atomic E-state index is 0.101. The van der Waals surface area contributed by atoms with E-state index in [9.17, 15) is 4.39 Å². The SMILES string of the molecule is C#CCC(C)C(C)c1[nH]c(C)cc1C(=C)N1CCC(C)(c2nc(-c3ccc(OC)c(F)c3)c(C)[nH]2)CC1. The van der Waals surface area contributed by atoms with Crippen molar-refractivity contribution < 1.29 is 9.13 Å². The average molecular weight is 503 g/mol. The minimum atomic E-state index is -0.385. The van der Waals surface area contributed by atoms with E-state index in [1.165, 1.54) is 24.4 Å². The fraction of sp³-hybridized carbons (Fsp3) is 0.452. The summed E-state index contributed by atoms with van der Waals surface area (Å²) < 4.78 is 19.4.